The standard InChI is InChI=1S/C10H12N8O/c1-5-14-7(18-19-5)2-3-12-8-6-4-13-17-9(6)16-10(11)15-8/h4H,2-3H2,1H3,(H4,11,12,13,15,16,17). The molecular formula is C10H12N8O. The molecule has 9 nitrogen and oxygen atoms in total. The second-order valence-corrected chi connectivity index (χ2v) is 3.97. The Bertz CT molecular complexity index is 702. The predicted molar refractivity (Wildman–Crippen MR) is 67.3 cm³/mol. The van der Waals surface area contributed by atoms with Crippen LogP contribution in [0.5, 0.6) is 0 Å². The maximum absolute atomic E-state index is 5.62. The molecule has 0 bridgehead atoms. The first-order chi connectivity index (χ1) is 9.22. The summed E-state index contributed by atoms with van der Waals surface area (Å²) in [5.41, 5.74) is 6.22. The van der Waals surface area contributed by atoms with Crippen molar-refractivity contribution in [2.24, 2.45) is 0 Å². The van der Waals surface area contributed by atoms with Crippen molar-refractivity contribution in [1.82, 2.24) is 30.3 Å². The fourth-order valence-corrected chi connectivity index (χ4v) is 1.72. The molecule has 0 aliphatic carbocycles. The fraction of sp³-hybridized carbons (Fsp3) is 0.300. The minimum atomic E-state index is 0.189. The van der Waals surface area contributed by atoms with Crippen molar-refractivity contribution < 1.29 is 4.52 Å². The smallest absolute Gasteiger partial charge is 0.224 e. The lowest BCUT2D eigenvalue weighted by Gasteiger charge is -2.05. The Morgan fingerprint density at radius 2 is 2.26 bits per heavy atom. The number of H-pyrrole nitrogens is 1. The number of fused-ring (bicyclic) bond motifs is 1. The summed E-state index contributed by atoms with van der Waals surface area (Å²) in [6.07, 6.45) is 2.27. The first-order valence-electron chi connectivity index (χ1n) is 5.72. The number of nitrogen functional groups attached to an aromatic ring is 1. The molecule has 0 aliphatic heterocycles. The van der Waals surface area contributed by atoms with Crippen LogP contribution in [-0.4, -0.2) is 36.9 Å². The average molecular weight is 260 g/mol. The highest BCUT2D eigenvalue weighted by Gasteiger charge is 2.08. The van der Waals surface area contributed by atoms with Crippen LogP contribution < -0.4 is 11.1 Å². The third-order valence-corrected chi connectivity index (χ3v) is 2.54. The van der Waals surface area contributed by atoms with Gasteiger partial charge in [0.05, 0.1) is 11.6 Å². The average Bonchev–Trinajstić information content (AvgIpc) is 2.98. The molecule has 0 amide bonds. The first kappa shape index (κ1) is 11.4. The van der Waals surface area contributed by atoms with Gasteiger partial charge in [0.1, 0.15) is 5.82 Å². The second kappa shape index (κ2) is 4.52. The number of nitrogens with zero attached hydrogens (tertiary/aromatic N) is 5. The largest absolute Gasteiger partial charge is 0.369 e. The Morgan fingerprint density at radius 3 is 3.05 bits per heavy atom. The van der Waals surface area contributed by atoms with Crippen molar-refractivity contribution in [3.63, 3.8) is 0 Å². The van der Waals surface area contributed by atoms with Gasteiger partial charge in [0.15, 0.2) is 11.5 Å². The molecule has 0 fully saturated rings. The number of aromatic amines is 1. The van der Waals surface area contributed by atoms with E-state index in [0.717, 1.165) is 5.39 Å². The van der Waals surface area contributed by atoms with Gasteiger partial charge in [-0.2, -0.15) is 20.1 Å². The highest BCUT2D eigenvalue weighted by Crippen LogP contribution is 2.18. The van der Waals surface area contributed by atoms with E-state index in [9.17, 15) is 0 Å². The highest BCUT2D eigenvalue weighted by molar-refractivity contribution is 5.86. The number of rotatable bonds is 4. The molecule has 0 saturated heterocycles. The van der Waals surface area contributed by atoms with Gasteiger partial charge in [-0.3, -0.25) is 5.10 Å². The van der Waals surface area contributed by atoms with E-state index in [1.165, 1.54) is 0 Å². The third kappa shape index (κ3) is 2.30. The van der Waals surface area contributed by atoms with E-state index in [2.05, 4.69) is 35.6 Å². The van der Waals surface area contributed by atoms with E-state index in [1.54, 1.807) is 13.1 Å². The molecule has 0 aliphatic rings. The molecule has 0 spiro atoms. The maximum Gasteiger partial charge on any atom is 0.224 e. The van der Waals surface area contributed by atoms with Gasteiger partial charge in [-0.05, 0) is 0 Å². The summed E-state index contributed by atoms with van der Waals surface area (Å²) >= 11 is 0. The molecule has 0 unspecified atom stereocenters. The fourth-order valence-electron chi connectivity index (χ4n) is 1.72. The topological polar surface area (TPSA) is 131 Å². The molecule has 98 valence electrons. The number of anilines is 2. The summed E-state index contributed by atoms with van der Waals surface area (Å²) in [6, 6.07) is 0. The highest BCUT2D eigenvalue weighted by atomic mass is 16.5. The molecule has 4 N–H and O–H groups in total. The summed E-state index contributed by atoms with van der Waals surface area (Å²) in [5.74, 6) is 2.03. The van der Waals surface area contributed by atoms with Gasteiger partial charge in [0, 0.05) is 19.9 Å². The summed E-state index contributed by atoms with van der Waals surface area (Å²) in [6.45, 7) is 2.36. The Labute approximate surface area is 107 Å². The second-order valence-electron chi connectivity index (χ2n) is 3.97. The summed E-state index contributed by atoms with van der Waals surface area (Å²) in [5, 5.41) is 14.4. The van der Waals surface area contributed by atoms with Gasteiger partial charge in [-0.15, -0.1) is 0 Å². The third-order valence-electron chi connectivity index (χ3n) is 2.54. The van der Waals surface area contributed by atoms with Crippen molar-refractivity contribution in [2.75, 3.05) is 17.6 Å². The number of hydrogen-bond acceptors (Lipinski definition) is 8. The normalized spacial score (nSPS) is 11.0. The van der Waals surface area contributed by atoms with E-state index in [4.69, 9.17) is 10.3 Å². The van der Waals surface area contributed by atoms with E-state index in [-0.39, 0.29) is 5.95 Å². The van der Waals surface area contributed by atoms with Crippen LogP contribution in [0, 0.1) is 6.92 Å². The van der Waals surface area contributed by atoms with Crippen LogP contribution in [0.15, 0.2) is 10.7 Å². The summed E-state index contributed by atoms with van der Waals surface area (Å²) < 4.78 is 4.89. The van der Waals surface area contributed by atoms with E-state index in [1.807, 2.05) is 0 Å². The number of nitrogens with one attached hydrogen (secondary N) is 2. The summed E-state index contributed by atoms with van der Waals surface area (Å²) in [7, 11) is 0. The Kier molecular flexibility index (Phi) is 2.71. The SMILES string of the molecule is Cc1nc(CCNc2nc(N)nc3[nH]ncc23)no1. The monoisotopic (exact) mass is 260 g/mol. The van der Waals surface area contributed by atoms with Gasteiger partial charge < -0.3 is 15.6 Å². The van der Waals surface area contributed by atoms with Crippen LogP contribution in [-0.2, 0) is 6.42 Å². The Hall–Kier alpha value is -2.71. The molecule has 0 saturated carbocycles. The molecule has 0 aromatic carbocycles. The lowest BCUT2D eigenvalue weighted by Crippen LogP contribution is -2.09. The van der Waals surface area contributed by atoms with Crippen molar-refractivity contribution in [1.29, 1.82) is 0 Å². The van der Waals surface area contributed by atoms with Crippen molar-refractivity contribution in [3.05, 3.63) is 17.9 Å². The zero-order valence-corrected chi connectivity index (χ0v) is 10.2. The molecular weight excluding hydrogens is 248 g/mol. The van der Waals surface area contributed by atoms with Crippen molar-refractivity contribution in [3.8, 4) is 0 Å². The van der Waals surface area contributed by atoms with Gasteiger partial charge in [-0.25, -0.2) is 0 Å². The lowest BCUT2D eigenvalue weighted by molar-refractivity contribution is 0.387. The van der Waals surface area contributed by atoms with Gasteiger partial charge in [0.2, 0.25) is 11.8 Å². The molecule has 3 aromatic rings. The van der Waals surface area contributed by atoms with E-state index < -0.39 is 0 Å². The number of aryl methyl sites for hydroxylation is 1. The quantitative estimate of drug-likeness (QED) is 0.609. The predicted octanol–water partition coefficient (Wildman–Crippen LogP) is 0.281. The number of aromatic nitrogens is 6. The van der Waals surface area contributed by atoms with E-state index >= 15 is 0 Å². The van der Waals surface area contributed by atoms with Crippen LogP contribution in [0.3, 0.4) is 0 Å². The maximum atomic E-state index is 5.62. The van der Waals surface area contributed by atoms with Crippen LogP contribution in [0.1, 0.15) is 11.7 Å². The Balaban J connectivity index is 1.73. The summed E-state index contributed by atoms with van der Waals surface area (Å²) in [4.78, 5) is 12.3. The van der Waals surface area contributed by atoms with Crippen molar-refractivity contribution >= 4 is 22.8 Å². The number of nitrogens with two attached hydrogens (primary N) is 1. The van der Waals surface area contributed by atoms with Crippen LogP contribution in [0.2, 0.25) is 0 Å². The van der Waals surface area contributed by atoms with Gasteiger partial charge in [0.25, 0.3) is 0 Å². The molecule has 3 heterocycles. The molecule has 0 radical (unpaired) electrons. The minimum absolute atomic E-state index is 0.189. The molecule has 3 aromatic heterocycles. The van der Waals surface area contributed by atoms with Gasteiger partial charge in [-0.1, -0.05) is 5.16 Å². The number of hydrogen-bond donors (Lipinski definition) is 3. The van der Waals surface area contributed by atoms with Gasteiger partial charge >= 0.3 is 0 Å². The van der Waals surface area contributed by atoms with E-state index in [0.29, 0.717) is 36.1 Å². The molecule has 9 heteroatoms. The molecule has 19 heavy (non-hydrogen) atoms. The zero-order chi connectivity index (χ0) is 13.2. The first-order valence-corrected chi connectivity index (χ1v) is 5.72. The van der Waals surface area contributed by atoms with Crippen LogP contribution in [0.4, 0.5) is 11.8 Å². The minimum Gasteiger partial charge on any atom is -0.369 e. The molecule has 0 atom stereocenters. The van der Waals surface area contributed by atoms with Crippen molar-refractivity contribution in [2.45, 2.75) is 13.3 Å². The van der Waals surface area contributed by atoms with Crippen LogP contribution >= 0.6 is 0 Å². The lowest BCUT2D eigenvalue weighted by atomic mass is 10.3. The van der Waals surface area contributed by atoms with Crippen LogP contribution in [0.25, 0.3) is 11.0 Å². The zero-order valence-electron chi connectivity index (χ0n) is 10.2. The Morgan fingerprint density at radius 1 is 1.37 bits per heavy atom. The molecule has 3 rings (SSSR count).